The first kappa shape index (κ1) is 20.2. The molecule has 0 bridgehead atoms. The van der Waals surface area contributed by atoms with Crippen molar-refractivity contribution < 1.29 is 13.2 Å². The SMILES string of the molecule is CC(C)Oc1ccc(S(=O)(=O)N2CCCC(C(C)N)C2)cc1.Cl. The van der Waals surface area contributed by atoms with Gasteiger partial charge in [-0.15, -0.1) is 12.4 Å². The van der Waals surface area contributed by atoms with Crippen LogP contribution >= 0.6 is 12.4 Å². The first-order valence-electron chi connectivity index (χ1n) is 7.83. The molecule has 23 heavy (non-hydrogen) atoms. The van der Waals surface area contributed by atoms with E-state index in [0.29, 0.717) is 23.7 Å². The maximum absolute atomic E-state index is 12.7. The number of ether oxygens (including phenoxy) is 1. The molecule has 2 N–H and O–H groups in total. The van der Waals surface area contributed by atoms with Gasteiger partial charge < -0.3 is 10.5 Å². The highest BCUT2D eigenvalue weighted by atomic mass is 35.5. The highest BCUT2D eigenvalue weighted by Crippen LogP contribution is 2.26. The Kier molecular flexibility index (Phi) is 7.32. The number of rotatable bonds is 5. The van der Waals surface area contributed by atoms with Crippen LogP contribution in [0.25, 0.3) is 0 Å². The second-order valence-electron chi connectivity index (χ2n) is 6.26. The summed E-state index contributed by atoms with van der Waals surface area (Å²) in [6.07, 6.45) is 1.92. The quantitative estimate of drug-likeness (QED) is 0.873. The molecule has 1 aliphatic rings. The van der Waals surface area contributed by atoms with Crippen molar-refractivity contribution in [3.63, 3.8) is 0 Å². The van der Waals surface area contributed by atoms with Crippen LogP contribution in [-0.4, -0.2) is 38.0 Å². The summed E-state index contributed by atoms with van der Waals surface area (Å²) < 4.78 is 32.6. The minimum atomic E-state index is -3.45. The van der Waals surface area contributed by atoms with Crippen LogP contribution in [-0.2, 0) is 10.0 Å². The van der Waals surface area contributed by atoms with E-state index in [1.807, 2.05) is 20.8 Å². The monoisotopic (exact) mass is 362 g/mol. The lowest BCUT2D eigenvalue weighted by molar-refractivity contribution is 0.241. The lowest BCUT2D eigenvalue weighted by Gasteiger charge is -2.33. The third kappa shape index (κ3) is 5.08. The van der Waals surface area contributed by atoms with Gasteiger partial charge in [0.1, 0.15) is 5.75 Å². The molecule has 1 heterocycles. The Morgan fingerprint density at radius 2 is 1.83 bits per heavy atom. The van der Waals surface area contributed by atoms with Crippen molar-refractivity contribution >= 4 is 22.4 Å². The molecule has 0 aliphatic carbocycles. The van der Waals surface area contributed by atoms with E-state index in [9.17, 15) is 8.42 Å². The van der Waals surface area contributed by atoms with Gasteiger partial charge in [0, 0.05) is 19.1 Å². The molecule has 0 amide bonds. The molecule has 1 saturated heterocycles. The zero-order chi connectivity index (χ0) is 16.3. The molecule has 132 valence electrons. The van der Waals surface area contributed by atoms with Gasteiger partial charge in [0.25, 0.3) is 0 Å². The Morgan fingerprint density at radius 3 is 2.35 bits per heavy atom. The summed E-state index contributed by atoms with van der Waals surface area (Å²) >= 11 is 0. The molecule has 1 fully saturated rings. The number of hydrogen-bond donors (Lipinski definition) is 1. The molecule has 1 aromatic carbocycles. The summed E-state index contributed by atoms with van der Waals surface area (Å²) in [7, 11) is -3.45. The zero-order valence-electron chi connectivity index (χ0n) is 13.9. The first-order chi connectivity index (χ1) is 10.3. The molecule has 0 spiro atoms. The Labute approximate surface area is 145 Å². The second kappa shape index (κ2) is 8.33. The standard InChI is InChI=1S/C16H26N2O3S.ClH/c1-12(2)21-15-6-8-16(9-7-15)22(19,20)18-10-4-5-14(11-18)13(3)17;/h6-9,12-14H,4-5,10-11,17H2,1-3H3;1H. The minimum Gasteiger partial charge on any atom is -0.491 e. The number of piperidine rings is 1. The Balaban J connectivity index is 0.00000264. The van der Waals surface area contributed by atoms with Crippen LogP contribution in [0.15, 0.2) is 29.2 Å². The maximum Gasteiger partial charge on any atom is 0.243 e. The number of halogens is 1. The van der Waals surface area contributed by atoms with E-state index in [1.165, 1.54) is 0 Å². The Hall–Kier alpha value is -0.820. The van der Waals surface area contributed by atoms with Gasteiger partial charge in [-0.25, -0.2) is 8.42 Å². The number of benzene rings is 1. The molecular formula is C16H27ClN2O3S. The van der Waals surface area contributed by atoms with Gasteiger partial charge in [-0.3, -0.25) is 0 Å². The maximum atomic E-state index is 12.7. The van der Waals surface area contributed by atoms with E-state index in [2.05, 4.69) is 0 Å². The third-order valence-corrected chi connectivity index (χ3v) is 5.88. The number of sulfonamides is 1. The summed E-state index contributed by atoms with van der Waals surface area (Å²) in [4.78, 5) is 0.314. The topological polar surface area (TPSA) is 72.6 Å². The van der Waals surface area contributed by atoms with E-state index in [4.69, 9.17) is 10.5 Å². The summed E-state index contributed by atoms with van der Waals surface area (Å²) in [6, 6.07) is 6.66. The molecule has 0 radical (unpaired) electrons. The summed E-state index contributed by atoms with van der Waals surface area (Å²) in [5.41, 5.74) is 5.94. The first-order valence-corrected chi connectivity index (χ1v) is 9.27. The lowest BCUT2D eigenvalue weighted by Crippen LogP contribution is -2.44. The van der Waals surface area contributed by atoms with Crippen LogP contribution in [0.3, 0.4) is 0 Å². The van der Waals surface area contributed by atoms with Crippen LogP contribution in [0.1, 0.15) is 33.6 Å². The van der Waals surface area contributed by atoms with Crippen LogP contribution in [0.5, 0.6) is 5.75 Å². The van der Waals surface area contributed by atoms with E-state index in [-0.39, 0.29) is 30.5 Å². The molecule has 1 aromatic rings. The van der Waals surface area contributed by atoms with Gasteiger partial charge in [0.2, 0.25) is 10.0 Å². The number of hydrogen-bond acceptors (Lipinski definition) is 4. The lowest BCUT2D eigenvalue weighted by atomic mass is 9.93. The van der Waals surface area contributed by atoms with Crippen LogP contribution in [0, 0.1) is 5.92 Å². The Morgan fingerprint density at radius 1 is 1.22 bits per heavy atom. The molecule has 2 rings (SSSR count). The van der Waals surface area contributed by atoms with Crippen molar-refractivity contribution in [1.82, 2.24) is 4.31 Å². The fourth-order valence-corrected chi connectivity index (χ4v) is 4.27. The van der Waals surface area contributed by atoms with Crippen LogP contribution in [0.4, 0.5) is 0 Å². The molecule has 1 aliphatic heterocycles. The van der Waals surface area contributed by atoms with Gasteiger partial charge in [-0.1, -0.05) is 0 Å². The molecular weight excluding hydrogens is 336 g/mol. The zero-order valence-corrected chi connectivity index (χ0v) is 15.6. The molecule has 2 atom stereocenters. The van der Waals surface area contributed by atoms with Gasteiger partial charge in [0.15, 0.2) is 0 Å². The molecule has 0 aromatic heterocycles. The fraction of sp³-hybridized carbons (Fsp3) is 0.625. The van der Waals surface area contributed by atoms with Gasteiger partial charge >= 0.3 is 0 Å². The van der Waals surface area contributed by atoms with Crippen LogP contribution in [0.2, 0.25) is 0 Å². The van der Waals surface area contributed by atoms with Crippen molar-refractivity contribution in [3.8, 4) is 5.75 Å². The summed E-state index contributed by atoms with van der Waals surface area (Å²) in [5, 5.41) is 0. The smallest absolute Gasteiger partial charge is 0.243 e. The second-order valence-corrected chi connectivity index (χ2v) is 8.20. The molecule has 0 saturated carbocycles. The average molecular weight is 363 g/mol. The van der Waals surface area contributed by atoms with E-state index >= 15 is 0 Å². The van der Waals surface area contributed by atoms with Crippen molar-refractivity contribution in [2.45, 2.75) is 50.7 Å². The fourth-order valence-electron chi connectivity index (χ4n) is 2.73. The Bertz CT molecular complexity index is 588. The third-order valence-electron chi connectivity index (χ3n) is 4.00. The normalized spacial score (nSPS) is 20.8. The van der Waals surface area contributed by atoms with E-state index < -0.39 is 10.0 Å². The van der Waals surface area contributed by atoms with Crippen molar-refractivity contribution in [2.24, 2.45) is 11.7 Å². The van der Waals surface area contributed by atoms with E-state index in [1.54, 1.807) is 28.6 Å². The molecule has 2 unspecified atom stereocenters. The summed E-state index contributed by atoms with van der Waals surface area (Å²) in [5.74, 6) is 0.910. The van der Waals surface area contributed by atoms with E-state index in [0.717, 1.165) is 12.8 Å². The highest BCUT2D eigenvalue weighted by molar-refractivity contribution is 7.89. The van der Waals surface area contributed by atoms with Gasteiger partial charge in [0.05, 0.1) is 11.0 Å². The predicted molar refractivity (Wildman–Crippen MR) is 94.6 cm³/mol. The highest BCUT2D eigenvalue weighted by Gasteiger charge is 2.31. The summed E-state index contributed by atoms with van der Waals surface area (Å²) in [6.45, 7) is 6.89. The van der Waals surface area contributed by atoms with Crippen molar-refractivity contribution in [3.05, 3.63) is 24.3 Å². The minimum absolute atomic E-state index is 0. The average Bonchev–Trinajstić information content (AvgIpc) is 2.47. The van der Waals surface area contributed by atoms with Gasteiger partial charge in [-0.05, 0) is 63.8 Å². The predicted octanol–water partition coefficient (Wildman–Crippen LogP) is 2.64. The van der Waals surface area contributed by atoms with Crippen molar-refractivity contribution in [2.75, 3.05) is 13.1 Å². The van der Waals surface area contributed by atoms with Crippen molar-refractivity contribution in [1.29, 1.82) is 0 Å². The van der Waals surface area contributed by atoms with Crippen LogP contribution < -0.4 is 10.5 Å². The number of nitrogens with two attached hydrogens (primary N) is 1. The molecule has 7 heteroatoms. The largest absolute Gasteiger partial charge is 0.491 e. The molecule has 5 nitrogen and oxygen atoms in total. The number of nitrogens with zero attached hydrogens (tertiary/aromatic N) is 1. The van der Waals surface area contributed by atoms with Gasteiger partial charge in [-0.2, -0.15) is 4.31 Å².